The van der Waals surface area contributed by atoms with Crippen LogP contribution in [0.25, 0.3) is 0 Å². The molecule has 25 heavy (non-hydrogen) atoms. The molecule has 0 N–H and O–H groups in total. The van der Waals surface area contributed by atoms with Gasteiger partial charge in [0, 0.05) is 18.4 Å². The van der Waals surface area contributed by atoms with E-state index in [1.165, 1.54) is 14.2 Å². The van der Waals surface area contributed by atoms with Gasteiger partial charge in [-0.3, -0.25) is 9.59 Å². The number of ether oxygens (including phenoxy) is 3. The monoisotopic (exact) mass is 347 g/mol. The normalized spacial score (nSPS) is 15.4. The van der Waals surface area contributed by atoms with Crippen molar-refractivity contribution in [2.45, 2.75) is 46.1 Å². The molecular weight excluding hydrogens is 322 g/mol. The second-order valence-electron chi connectivity index (χ2n) is 6.48. The zero-order valence-corrected chi connectivity index (χ0v) is 15.7. The summed E-state index contributed by atoms with van der Waals surface area (Å²) in [5.41, 5.74) is 0.648. The summed E-state index contributed by atoms with van der Waals surface area (Å²) in [4.78, 5) is 29.8. The van der Waals surface area contributed by atoms with Gasteiger partial charge in [-0.05, 0) is 19.9 Å². The number of Topliss-reactive ketones (excluding diaryl/α,β-unsaturated/α-hetero) is 2. The molecule has 0 unspecified atom stereocenters. The second-order valence-corrected chi connectivity index (χ2v) is 6.48. The number of ketones is 2. The van der Waals surface area contributed by atoms with Crippen molar-refractivity contribution in [1.82, 2.24) is 0 Å². The van der Waals surface area contributed by atoms with E-state index in [1.807, 2.05) is 13.8 Å². The fraction of sp³-hybridized carbons (Fsp3) is 0.526. The van der Waals surface area contributed by atoms with Gasteiger partial charge in [-0.25, -0.2) is 4.99 Å². The number of methoxy groups -OCH3 is 2. The van der Waals surface area contributed by atoms with Crippen LogP contribution < -0.4 is 9.47 Å². The van der Waals surface area contributed by atoms with Crippen molar-refractivity contribution >= 4 is 17.5 Å². The number of nitrogens with zero attached hydrogens (tertiary/aromatic N) is 1. The zero-order valence-electron chi connectivity index (χ0n) is 15.7. The minimum absolute atomic E-state index is 0.114. The third kappa shape index (κ3) is 3.52. The van der Waals surface area contributed by atoms with Crippen LogP contribution in [0, 0.1) is 0 Å². The van der Waals surface area contributed by atoms with E-state index in [0.717, 1.165) is 0 Å². The van der Waals surface area contributed by atoms with Gasteiger partial charge in [-0.2, -0.15) is 0 Å². The Labute approximate surface area is 148 Å². The van der Waals surface area contributed by atoms with Crippen LogP contribution >= 0.6 is 0 Å². The standard InChI is InChI=1S/C19H25NO5/c1-7-12(21)11-9-14(23-5)17(24-6)16(13(22)8-2)15(11)18-20-19(3,4)10-25-18/h9H,7-8,10H2,1-6H3. The lowest BCUT2D eigenvalue weighted by molar-refractivity contribution is 0.0984. The summed E-state index contributed by atoms with van der Waals surface area (Å²) in [5.74, 6) is 0.675. The molecule has 1 heterocycles. The Bertz CT molecular complexity index is 734. The topological polar surface area (TPSA) is 74.2 Å². The molecule has 0 aromatic heterocycles. The van der Waals surface area contributed by atoms with Gasteiger partial charge >= 0.3 is 0 Å². The largest absolute Gasteiger partial charge is 0.493 e. The van der Waals surface area contributed by atoms with Crippen LogP contribution in [0.1, 0.15) is 66.8 Å². The lowest BCUT2D eigenvalue weighted by atomic mass is 9.92. The minimum Gasteiger partial charge on any atom is -0.493 e. The average Bonchev–Trinajstić information content (AvgIpc) is 2.97. The van der Waals surface area contributed by atoms with Crippen LogP contribution in [0.15, 0.2) is 11.1 Å². The van der Waals surface area contributed by atoms with Gasteiger partial charge in [0.15, 0.2) is 23.1 Å². The molecule has 1 aromatic carbocycles. The van der Waals surface area contributed by atoms with Gasteiger partial charge in [0.25, 0.3) is 0 Å². The first-order valence-corrected chi connectivity index (χ1v) is 8.38. The van der Waals surface area contributed by atoms with E-state index in [1.54, 1.807) is 19.9 Å². The summed E-state index contributed by atoms with van der Waals surface area (Å²) in [6, 6.07) is 1.60. The quantitative estimate of drug-likeness (QED) is 0.706. The van der Waals surface area contributed by atoms with Crippen LogP contribution in [0.4, 0.5) is 0 Å². The number of aliphatic imine (C=N–C) groups is 1. The molecule has 1 aliphatic heterocycles. The van der Waals surface area contributed by atoms with Crippen molar-refractivity contribution in [3.8, 4) is 11.5 Å². The van der Waals surface area contributed by atoms with Crippen molar-refractivity contribution in [3.63, 3.8) is 0 Å². The van der Waals surface area contributed by atoms with Gasteiger partial charge in [0.1, 0.15) is 6.61 Å². The summed E-state index contributed by atoms with van der Waals surface area (Å²) in [6.07, 6.45) is 0.547. The number of carbonyl (C=O) groups excluding carboxylic acids is 2. The summed E-state index contributed by atoms with van der Waals surface area (Å²) in [7, 11) is 2.95. The molecule has 0 amide bonds. The number of benzene rings is 1. The highest BCUT2D eigenvalue weighted by Gasteiger charge is 2.34. The lowest BCUT2D eigenvalue weighted by Crippen LogP contribution is -2.18. The molecule has 136 valence electrons. The summed E-state index contributed by atoms with van der Waals surface area (Å²) in [5, 5.41) is 0. The molecule has 6 heteroatoms. The fourth-order valence-electron chi connectivity index (χ4n) is 2.78. The van der Waals surface area contributed by atoms with Crippen molar-refractivity contribution < 1.29 is 23.8 Å². The van der Waals surface area contributed by atoms with E-state index in [9.17, 15) is 9.59 Å². The molecule has 1 aliphatic rings. The van der Waals surface area contributed by atoms with Crippen LogP contribution in [-0.2, 0) is 4.74 Å². The number of carbonyl (C=O) groups is 2. The van der Waals surface area contributed by atoms with E-state index in [2.05, 4.69) is 4.99 Å². The van der Waals surface area contributed by atoms with Crippen molar-refractivity contribution in [2.24, 2.45) is 4.99 Å². The lowest BCUT2D eigenvalue weighted by Gasteiger charge is -2.19. The van der Waals surface area contributed by atoms with Crippen molar-refractivity contribution in [3.05, 3.63) is 22.8 Å². The van der Waals surface area contributed by atoms with E-state index in [4.69, 9.17) is 14.2 Å². The maximum absolute atomic E-state index is 12.7. The predicted molar refractivity (Wildman–Crippen MR) is 95.4 cm³/mol. The number of rotatable bonds is 7. The van der Waals surface area contributed by atoms with Crippen LogP contribution in [0.3, 0.4) is 0 Å². The third-order valence-corrected chi connectivity index (χ3v) is 4.07. The number of hydrogen-bond donors (Lipinski definition) is 0. The molecule has 0 radical (unpaired) electrons. The van der Waals surface area contributed by atoms with E-state index >= 15 is 0 Å². The Kier molecular flexibility index (Phi) is 5.50. The smallest absolute Gasteiger partial charge is 0.218 e. The molecule has 0 saturated heterocycles. The molecule has 0 fully saturated rings. The molecule has 0 spiro atoms. The van der Waals surface area contributed by atoms with E-state index in [0.29, 0.717) is 41.6 Å². The van der Waals surface area contributed by atoms with Crippen molar-refractivity contribution in [2.75, 3.05) is 20.8 Å². The Morgan fingerprint density at radius 2 is 1.80 bits per heavy atom. The van der Waals surface area contributed by atoms with Gasteiger partial charge < -0.3 is 14.2 Å². The van der Waals surface area contributed by atoms with Gasteiger partial charge in [0.2, 0.25) is 5.90 Å². The predicted octanol–water partition coefficient (Wildman–Crippen LogP) is 3.44. The van der Waals surface area contributed by atoms with Crippen LogP contribution in [0.5, 0.6) is 11.5 Å². The second kappa shape index (κ2) is 7.25. The van der Waals surface area contributed by atoms with E-state index < -0.39 is 5.54 Å². The first kappa shape index (κ1) is 19.0. The summed E-state index contributed by atoms with van der Waals surface area (Å²) in [6.45, 7) is 7.78. The van der Waals surface area contributed by atoms with Gasteiger partial charge in [-0.1, -0.05) is 13.8 Å². The van der Waals surface area contributed by atoms with Gasteiger partial charge in [0.05, 0.1) is 30.9 Å². The van der Waals surface area contributed by atoms with Crippen LogP contribution in [0.2, 0.25) is 0 Å². The Hall–Kier alpha value is -2.37. The summed E-state index contributed by atoms with van der Waals surface area (Å²) < 4.78 is 16.5. The highest BCUT2D eigenvalue weighted by molar-refractivity contribution is 6.17. The first-order valence-electron chi connectivity index (χ1n) is 8.38. The highest BCUT2D eigenvalue weighted by atomic mass is 16.5. The van der Waals surface area contributed by atoms with Crippen LogP contribution in [-0.4, -0.2) is 43.8 Å². The molecular formula is C19H25NO5. The molecule has 6 nitrogen and oxygen atoms in total. The molecule has 0 bridgehead atoms. The fourth-order valence-corrected chi connectivity index (χ4v) is 2.78. The molecule has 2 rings (SSSR count). The molecule has 1 aromatic rings. The Morgan fingerprint density at radius 3 is 2.24 bits per heavy atom. The maximum Gasteiger partial charge on any atom is 0.218 e. The molecule has 0 atom stereocenters. The molecule has 0 saturated carbocycles. The average molecular weight is 347 g/mol. The SMILES string of the molecule is CCC(=O)c1cc(OC)c(OC)c(C(=O)CC)c1C1=NC(C)(C)CO1. The minimum atomic E-state index is -0.415. The highest BCUT2D eigenvalue weighted by Crippen LogP contribution is 2.39. The van der Waals surface area contributed by atoms with E-state index in [-0.39, 0.29) is 23.6 Å². The summed E-state index contributed by atoms with van der Waals surface area (Å²) >= 11 is 0. The number of hydrogen-bond acceptors (Lipinski definition) is 6. The van der Waals surface area contributed by atoms with Gasteiger partial charge in [-0.15, -0.1) is 0 Å². The zero-order chi connectivity index (χ0) is 18.8. The van der Waals surface area contributed by atoms with Crippen molar-refractivity contribution in [1.29, 1.82) is 0 Å². The Balaban J connectivity index is 2.89. The third-order valence-electron chi connectivity index (χ3n) is 4.07. The Morgan fingerprint density at radius 1 is 1.16 bits per heavy atom. The molecule has 0 aliphatic carbocycles. The first-order chi connectivity index (χ1) is 11.8. The maximum atomic E-state index is 12.7.